The fourth-order valence-corrected chi connectivity index (χ4v) is 4.50. The summed E-state index contributed by atoms with van der Waals surface area (Å²) in [4.78, 5) is 16.0. The van der Waals surface area contributed by atoms with Crippen LogP contribution >= 0.6 is 0 Å². The molecule has 1 amide bonds. The fourth-order valence-electron chi connectivity index (χ4n) is 3.93. The number of carbonyl (C=O) groups is 1. The lowest BCUT2D eigenvalue weighted by Crippen LogP contribution is -2.33. The number of fused-ring (bicyclic) bond motifs is 1. The Kier molecular flexibility index (Phi) is 8.65. The number of hydrogen-bond acceptors (Lipinski definition) is 9. The van der Waals surface area contributed by atoms with Crippen molar-refractivity contribution in [3.8, 4) is 11.5 Å². The molecule has 204 valence electrons. The van der Waals surface area contributed by atoms with Gasteiger partial charge in [0.2, 0.25) is 5.91 Å². The summed E-state index contributed by atoms with van der Waals surface area (Å²) in [6.45, 7) is 6.78. The van der Waals surface area contributed by atoms with Crippen LogP contribution in [0.5, 0.6) is 11.5 Å². The molecule has 1 aliphatic heterocycles. The summed E-state index contributed by atoms with van der Waals surface area (Å²) in [6, 6.07) is 12.2. The van der Waals surface area contributed by atoms with Crippen LogP contribution in [0.1, 0.15) is 38.1 Å². The van der Waals surface area contributed by atoms with Gasteiger partial charge in [-0.3, -0.25) is 4.79 Å². The summed E-state index contributed by atoms with van der Waals surface area (Å²) in [5.41, 5.74) is 6.20. The van der Waals surface area contributed by atoms with Crippen LogP contribution in [0.2, 0.25) is 0 Å². The highest BCUT2D eigenvalue weighted by Crippen LogP contribution is 2.21. The Hall–Kier alpha value is -3.48. The number of ether oxygens (including phenoxy) is 1. The lowest BCUT2D eigenvalue weighted by atomic mass is 10.0. The van der Waals surface area contributed by atoms with Gasteiger partial charge in [0, 0.05) is 38.0 Å². The Bertz CT molecular complexity index is 1420. The SMILES string of the molecule is Cc1nc2cc(C3=NNC(=O)CC3)ccc2n1CCNCC(O)COc1ccc(OS(=O)(=O)C(C)C)cc1. The third-order valence-corrected chi connectivity index (χ3v) is 7.70. The summed E-state index contributed by atoms with van der Waals surface area (Å²) in [6.07, 6.45) is 0.307. The molecule has 12 heteroatoms. The smallest absolute Gasteiger partial charge is 0.311 e. The number of hydrazone groups is 1. The van der Waals surface area contributed by atoms with Crippen molar-refractivity contribution in [1.29, 1.82) is 0 Å². The molecule has 0 saturated carbocycles. The van der Waals surface area contributed by atoms with Crippen molar-refractivity contribution in [2.45, 2.75) is 51.5 Å². The average molecular weight is 544 g/mol. The molecule has 1 aromatic heterocycles. The first-order valence-electron chi connectivity index (χ1n) is 12.5. The van der Waals surface area contributed by atoms with Gasteiger partial charge < -0.3 is 23.9 Å². The van der Waals surface area contributed by atoms with Crippen molar-refractivity contribution in [3.63, 3.8) is 0 Å². The molecule has 38 heavy (non-hydrogen) atoms. The second-order valence-corrected chi connectivity index (χ2v) is 11.5. The second-order valence-electron chi connectivity index (χ2n) is 9.37. The summed E-state index contributed by atoms with van der Waals surface area (Å²) >= 11 is 0. The quantitative estimate of drug-likeness (QED) is 0.233. The van der Waals surface area contributed by atoms with Gasteiger partial charge in [-0.2, -0.15) is 13.5 Å². The monoisotopic (exact) mass is 543 g/mol. The number of amides is 1. The number of aliphatic hydroxyl groups excluding tert-OH is 1. The van der Waals surface area contributed by atoms with Gasteiger partial charge in [0.15, 0.2) is 0 Å². The average Bonchev–Trinajstić information content (AvgIpc) is 3.20. The third-order valence-electron chi connectivity index (χ3n) is 6.12. The van der Waals surface area contributed by atoms with Crippen LogP contribution in [0, 0.1) is 6.92 Å². The van der Waals surface area contributed by atoms with Gasteiger partial charge in [-0.15, -0.1) is 0 Å². The first-order chi connectivity index (χ1) is 18.1. The van der Waals surface area contributed by atoms with E-state index in [9.17, 15) is 18.3 Å². The number of aryl methyl sites for hydroxylation is 1. The first-order valence-corrected chi connectivity index (χ1v) is 14.0. The summed E-state index contributed by atoms with van der Waals surface area (Å²) in [7, 11) is -3.65. The molecule has 0 saturated heterocycles. The highest BCUT2D eigenvalue weighted by molar-refractivity contribution is 7.87. The maximum atomic E-state index is 11.9. The third kappa shape index (κ3) is 6.88. The zero-order chi connectivity index (χ0) is 27.3. The molecule has 4 rings (SSSR count). The van der Waals surface area contributed by atoms with E-state index in [1.54, 1.807) is 26.0 Å². The van der Waals surface area contributed by atoms with E-state index in [1.807, 2.05) is 25.1 Å². The molecule has 0 aliphatic carbocycles. The molecule has 2 aromatic carbocycles. The fraction of sp³-hybridized carbons (Fsp3) is 0.423. The van der Waals surface area contributed by atoms with Crippen LogP contribution in [0.25, 0.3) is 11.0 Å². The molecular weight excluding hydrogens is 510 g/mol. The van der Waals surface area contributed by atoms with E-state index < -0.39 is 21.5 Å². The molecule has 1 atom stereocenters. The van der Waals surface area contributed by atoms with Crippen LogP contribution in [0.3, 0.4) is 0 Å². The van der Waals surface area contributed by atoms with Gasteiger partial charge in [-0.1, -0.05) is 6.07 Å². The van der Waals surface area contributed by atoms with Crippen molar-refractivity contribution in [2.24, 2.45) is 5.10 Å². The number of nitrogens with one attached hydrogen (secondary N) is 2. The van der Waals surface area contributed by atoms with Crippen LogP contribution < -0.4 is 19.7 Å². The van der Waals surface area contributed by atoms with Crippen molar-refractivity contribution >= 4 is 32.8 Å². The van der Waals surface area contributed by atoms with E-state index in [4.69, 9.17) is 8.92 Å². The van der Waals surface area contributed by atoms with E-state index in [0.717, 1.165) is 28.1 Å². The normalized spacial score (nSPS) is 14.9. The number of aliphatic hydroxyl groups is 1. The molecule has 3 aromatic rings. The lowest BCUT2D eigenvalue weighted by molar-refractivity contribution is -0.121. The van der Waals surface area contributed by atoms with Gasteiger partial charge >= 0.3 is 10.1 Å². The van der Waals surface area contributed by atoms with E-state index in [-0.39, 0.29) is 18.3 Å². The maximum absolute atomic E-state index is 11.9. The van der Waals surface area contributed by atoms with Crippen molar-refractivity contribution in [1.82, 2.24) is 20.3 Å². The first kappa shape index (κ1) is 27.6. The summed E-state index contributed by atoms with van der Waals surface area (Å²) < 4.78 is 36.5. The number of rotatable bonds is 12. The van der Waals surface area contributed by atoms with E-state index in [2.05, 4.69) is 25.4 Å². The Labute approximate surface area is 222 Å². The molecular formula is C26H33N5O6S. The Balaban J connectivity index is 1.23. The number of aromatic nitrogens is 2. The highest BCUT2D eigenvalue weighted by Gasteiger charge is 2.18. The topological polar surface area (TPSA) is 144 Å². The second kappa shape index (κ2) is 11.9. The molecule has 1 unspecified atom stereocenters. The minimum Gasteiger partial charge on any atom is -0.491 e. The lowest BCUT2D eigenvalue weighted by Gasteiger charge is -2.15. The predicted octanol–water partition coefficient (Wildman–Crippen LogP) is 2.11. The van der Waals surface area contributed by atoms with Gasteiger partial charge in [0.05, 0.1) is 22.0 Å². The van der Waals surface area contributed by atoms with E-state index >= 15 is 0 Å². The molecule has 0 spiro atoms. The maximum Gasteiger partial charge on any atom is 0.311 e. The Morgan fingerprint density at radius 3 is 2.55 bits per heavy atom. The van der Waals surface area contributed by atoms with Crippen LogP contribution in [-0.2, 0) is 21.5 Å². The minimum atomic E-state index is -3.65. The van der Waals surface area contributed by atoms with Crippen molar-refractivity contribution in [3.05, 3.63) is 53.9 Å². The standard InChI is InChI=1S/C26H33N5O6S/c1-17(2)38(34,35)37-22-7-5-21(6-8-22)36-16-20(32)15-27-12-13-31-18(3)28-24-14-19(4-10-25(24)31)23-9-11-26(33)30-29-23/h4-8,10,14,17,20,27,32H,9,11-13,15-16H2,1-3H3,(H,30,33). The van der Waals surface area contributed by atoms with E-state index in [0.29, 0.717) is 38.2 Å². The van der Waals surface area contributed by atoms with Crippen molar-refractivity contribution < 1.29 is 27.2 Å². The van der Waals surface area contributed by atoms with Crippen molar-refractivity contribution in [2.75, 3.05) is 19.7 Å². The van der Waals surface area contributed by atoms with Gasteiger partial charge in [0.25, 0.3) is 0 Å². The number of nitrogens with zero attached hydrogens (tertiary/aromatic N) is 3. The number of benzene rings is 2. The molecule has 11 nitrogen and oxygen atoms in total. The van der Waals surface area contributed by atoms with Gasteiger partial charge in [-0.05, 0) is 57.2 Å². The van der Waals surface area contributed by atoms with Gasteiger partial charge in [-0.25, -0.2) is 10.4 Å². The Morgan fingerprint density at radius 2 is 1.87 bits per heavy atom. The van der Waals surface area contributed by atoms with Crippen LogP contribution in [0.4, 0.5) is 0 Å². The largest absolute Gasteiger partial charge is 0.491 e. The number of imidazole rings is 1. The van der Waals surface area contributed by atoms with Crippen LogP contribution in [0.15, 0.2) is 47.6 Å². The molecule has 0 fully saturated rings. The zero-order valence-corrected chi connectivity index (χ0v) is 22.5. The number of hydrogen-bond donors (Lipinski definition) is 3. The molecule has 2 heterocycles. The Morgan fingerprint density at radius 1 is 1.13 bits per heavy atom. The minimum absolute atomic E-state index is 0.0695. The highest BCUT2D eigenvalue weighted by atomic mass is 32.2. The molecule has 1 aliphatic rings. The van der Waals surface area contributed by atoms with Crippen LogP contribution in [-0.4, -0.2) is 65.7 Å². The summed E-state index contributed by atoms with van der Waals surface area (Å²) in [5, 5.41) is 17.0. The molecule has 3 N–H and O–H groups in total. The van der Waals surface area contributed by atoms with Gasteiger partial charge in [0.1, 0.15) is 30.0 Å². The number of carbonyl (C=O) groups excluding carboxylic acids is 1. The summed E-state index contributed by atoms with van der Waals surface area (Å²) in [5.74, 6) is 1.53. The molecule has 0 radical (unpaired) electrons. The zero-order valence-electron chi connectivity index (χ0n) is 21.7. The molecule has 0 bridgehead atoms. The predicted molar refractivity (Wildman–Crippen MR) is 144 cm³/mol. The van der Waals surface area contributed by atoms with E-state index in [1.165, 1.54) is 12.1 Å².